The van der Waals surface area contributed by atoms with Crippen LogP contribution in [0.25, 0.3) is 43.6 Å². The maximum absolute atomic E-state index is 3.62. The van der Waals surface area contributed by atoms with E-state index in [4.69, 9.17) is 0 Å². The largest absolute Gasteiger partial charge is 1.00 e. The van der Waals surface area contributed by atoms with Crippen LogP contribution in [0.1, 0.15) is 5.69 Å². The van der Waals surface area contributed by atoms with E-state index >= 15 is 0 Å². The Kier molecular flexibility index (Phi) is 4.89. The van der Waals surface area contributed by atoms with Crippen molar-refractivity contribution in [3.05, 3.63) is 84.6 Å². The Bertz CT molecular complexity index is 1340. The summed E-state index contributed by atoms with van der Waals surface area (Å²) in [5, 5.41) is 6.39. The number of H-pyrrole nitrogens is 1. The van der Waals surface area contributed by atoms with Gasteiger partial charge in [0.15, 0.2) is 5.69 Å². The topological polar surface area (TPSA) is 17.4 Å². The standard InChI is InChI=1S/C26H22N2.ClH/c1-17-23(18-8-11-22(12-9-18)28(2)3)16-25-24-15-20-7-5-4-6-19(20)14-21(24)10-13-26(25)27-17;/h4-16H,1-3H3;1H. The van der Waals surface area contributed by atoms with Crippen LogP contribution in [0.4, 0.5) is 5.69 Å². The highest BCUT2D eigenvalue weighted by Gasteiger charge is 2.14. The van der Waals surface area contributed by atoms with Gasteiger partial charge in [-0.25, -0.2) is 4.98 Å². The van der Waals surface area contributed by atoms with Crippen LogP contribution < -0.4 is 22.3 Å². The molecule has 144 valence electrons. The molecule has 3 heteroatoms. The van der Waals surface area contributed by atoms with Crippen LogP contribution in [0.15, 0.2) is 78.9 Å². The summed E-state index contributed by atoms with van der Waals surface area (Å²) in [4.78, 5) is 5.75. The predicted octanol–water partition coefficient (Wildman–Crippen LogP) is 3.01. The van der Waals surface area contributed by atoms with Crippen molar-refractivity contribution in [2.45, 2.75) is 6.92 Å². The molecule has 0 saturated carbocycles. The zero-order valence-electron chi connectivity index (χ0n) is 16.8. The third kappa shape index (κ3) is 3.30. The number of pyridine rings is 1. The van der Waals surface area contributed by atoms with Crippen LogP contribution >= 0.6 is 0 Å². The Morgan fingerprint density at radius 3 is 2.07 bits per heavy atom. The van der Waals surface area contributed by atoms with Gasteiger partial charge in [0.25, 0.3) is 0 Å². The predicted molar refractivity (Wildman–Crippen MR) is 120 cm³/mol. The summed E-state index contributed by atoms with van der Waals surface area (Å²) in [7, 11) is 4.14. The zero-order valence-corrected chi connectivity index (χ0v) is 17.6. The minimum atomic E-state index is 0. The molecule has 5 rings (SSSR count). The van der Waals surface area contributed by atoms with E-state index in [0.717, 1.165) is 0 Å². The number of hydrogen-bond acceptors (Lipinski definition) is 1. The van der Waals surface area contributed by atoms with Gasteiger partial charge in [-0.1, -0.05) is 36.4 Å². The fourth-order valence-corrected chi connectivity index (χ4v) is 4.06. The summed E-state index contributed by atoms with van der Waals surface area (Å²) < 4.78 is 0. The number of nitrogens with one attached hydrogen (secondary N) is 1. The van der Waals surface area contributed by atoms with Crippen molar-refractivity contribution in [1.29, 1.82) is 0 Å². The van der Waals surface area contributed by atoms with E-state index in [0.29, 0.717) is 0 Å². The normalized spacial score (nSPS) is 11.0. The maximum Gasteiger partial charge on any atom is 0.211 e. The molecule has 0 atom stereocenters. The number of halogens is 1. The number of aromatic nitrogens is 1. The van der Waals surface area contributed by atoms with E-state index in [1.54, 1.807) is 0 Å². The lowest BCUT2D eigenvalue weighted by Gasteiger charge is -2.13. The van der Waals surface area contributed by atoms with Crippen molar-refractivity contribution in [2.75, 3.05) is 19.0 Å². The molecule has 5 aromatic rings. The smallest absolute Gasteiger partial charge is 0.211 e. The summed E-state index contributed by atoms with van der Waals surface area (Å²) in [5.74, 6) is 0. The molecular weight excluding hydrogens is 376 g/mol. The Balaban J connectivity index is 0.00000205. The summed E-state index contributed by atoms with van der Waals surface area (Å²) in [6, 6.07) is 28.7. The first-order chi connectivity index (χ1) is 13.6. The average molecular weight is 399 g/mol. The second kappa shape index (κ2) is 7.38. The third-order valence-corrected chi connectivity index (χ3v) is 5.64. The van der Waals surface area contributed by atoms with E-state index in [2.05, 4.69) is 110 Å². The minimum Gasteiger partial charge on any atom is -1.00 e. The van der Waals surface area contributed by atoms with Crippen molar-refractivity contribution in [2.24, 2.45) is 0 Å². The number of rotatable bonds is 2. The monoisotopic (exact) mass is 398 g/mol. The molecule has 1 heterocycles. The van der Waals surface area contributed by atoms with E-state index in [1.165, 1.54) is 55.0 Å². The molecule has 0 aliphatic rings. The van der Waals surface area contributed by atoms with Crippen LogP contribution in [0.2, 0.25) is 0 Å². The third-order valence-electron chi connectivity index (χ3n) is 5.64. The van der Waals surface area contributed by atoms with Gasteiger partial charge < -0.3 is 17.3 Å². The number of aromatic amines is 1. The summed E-state index contributed by atoms with van der Waals surface area (Å²) in [6.45, 7) is 2.15. The van der Waals surface area contributed by atoms with Gasteiger partial charge in [-0.15, -0.1) is 0 Å². The van der Waals surface area contributed by atoms with Crippen molar-refractivity contribution in [3.63, 3.8) is 0 Å². The van der Waals surface area contributed by atoms with E-state index in [1.807, 2.05) is 0 Å². The molecule has 29 heavy (non-hydrogen) atoms. The van der Waals surface area contributed by atoms with Gasteiger partial charge >= 0.3 is 0 Å². The van der Waals surface area contributed by atoms with Gasteiger partial charge in [0.05, 0.1) is 5.39 Å². The SMILES string of the molecule is Cc1[nH+]c2ccc3cc4ccccc4cc3c2cc1-c1ccc(N(C)C)cc1.[Cl-]. The minimum absolute atomic E-state index is 0. The van der Waals surface area contributed by atoms with Crippen molar-refractivity contribution < 1.29 is 17.4 Å². The molecule has 0 unspecified atom stereocenters. The van der Waals surface area contributed by atoms with Gasteiger partial charge in [-0.05, 0) is 63.5 Å². The Labute approximate surface area is 177 Å². The highest BCUT2D eigenvalue weighted by molar-refractivity contribution is 6.11. The molecule has 0 amide bonds. The summed E-state index contributed by atoms with van der Waals surface area (Å²) in [6.07, 6.45) is 0. The number of anilines is 1. The van der Waals surface area contributed by atoms with Crippen LogP contribution in [0.3, 0.4) is 0 Å². The quantitative estimate of drug-likeness (QED) is 0.330. The molecule has 0 spiro atoms. The van der Waals surface area contributed by atoms with E-state index < -0.39 is 0 Å². The molecule has 0 bridgehead atoms. The summed E-state index contributed by atoms with van der Waals surface area (Å²) >= 11 is 0. The summed E-state index contributed by atoms with van der Waals surface area (Å²) in [5.41, 5.74) is 6.06. The molecule has 1 aromatic heterocycles. The first-order valence-electron chi connectivity index (χ1n) is 9.66. The molecule has 0 fully saturated rings. The highest BCUT2D eigenvalue weighted by Crippen LogP contribution is 2.32. The van der Waals surface area contributed by atoms with Crippen LogP contribution in [-0.2, 0) is 0 Å². The lowest BCUT2D eigenvalue weighted by molar-refractivity contribution is -0.353. The van der Waals surface area contributed by atoms with Gasteiger partial charge in [-0.3, -0.25) is 0 Å². The van der Waals surface area contributed by atoms with Gasteiger partial charge in [0, 0.05) is 38.3 Å². The Hall–Kier alpha value is -3.10. The maximum atomic E-state index is 3.62. The lowest BCUT2D eigenvalue weighted by Crippen LogP contribution is -3.00. The molecule has 4 aromatic carbocycles. The second-order valence-electron chi connectivity index (χ2n) is 7.70. The van der Waals surface area contributed by atoms with Gasteiger partial charge in [-0.2, -0.15) is 0 Å². The zero-order chi connectivity index (χ0) is 19.3. The van der Waals surface area contributed by atoms with E-state index in [9.17, 15) is 0 Å². The van der Waals surface area contributed by atoms with Crippen molar-refractivity contribution >= 4 is 38.1 Å². The van der Waals surface area contributed by atoms with Crippen molar-refractivity contribution in [1.82, 2.24) is 0 Å². The van der Waals surface area contributed by atoms with Crippen LogP contribution in [0.5, 0.6) is 0 Å². The molecule has 1 N–H and O–H groups in total. The van der Waals surface area contributed by atoms with Crippen LogP contribution in [-0.4, -0.2) is 14.1 Å². The number of hydrogen-bond donors (Lipinski definition) is 0. The van der Waals surface area contributed by atoms with Crippen LogP contribution in [0, 0.1) is 6.92 Å². The fourth-order valence-electron chi connectivity index (χ4n) is 4.06. The molecule has 0 aliphatic carbocycles. The number of fused-ring (bicyclic) bond motifs is 4. The first-order valence-corrected chi connectivity index (χ1v) is 9.66. The van der Waals surface area contributed by atoms with E-state index in [-0.39, 0.29) is 12.4 Å². The molecule has 0 saturated heterocycles. The first kappa shape index (κ1) is 19.2. The highest BCUT2D eigenvalue weighted by atomic mass is 35.5. The molecule has 2 nitrogen and oxygen atoms in total. The fraction of sp³-hybridized carbons (Fsp3) is 0.115. The van der Waals surface area contributed by atoms with Crippen molar-refractivity contribution in [3.8, 4) is 11.1 Å². The number of nitrogens with zero attached hydrogens (tertiary/aromatic N) is 1. The Morgan fingerprint density at radius 2 is 1.38 bits per heavy atom. The van der Waals surface area contributed by atoms with Gasteiger partial charge in [0.2, 0.25) is 5.52 Å². The average Bonchev–Trinajstić information content (AvgIpc) is 2.72. The molecular formula is C26H23ClN2. The molecule has 0 radical (unpaired) electrons. The Morgan fingerprint density at radius 1 is 0.690 bits per heavy atom. The van der Waals surface area contributed by atoms with Gasteiger partial charge in [0.1, 0.15) is 0 Å². The number of aryl methyl sites for hydroxylation is 1. The molecule has 0 aliphatic heterocycles. The second-order valence-corrected chi connectivity index (χ2v) is 7.70. The number of benzene rings is 4. The lowest BCUT2D eigenvalue weighted by atomic mass is 9.96.